The number of aliphatic hydroxyl groups excluding tert-OH is 1. The molecule has 0 aromatic rings. The average molecular weight is 375 g/mol. The first-order chi connectivity index (χ1) is 13.1. The molecule has 1 heterocycles. The molecule has 4 N–H and O–H groups in total. The van der Waals surface area contributed by atoms with Crippen LogP contribution in [0.5, 0.6) is 0 Å². The van der Waals surface area contributed by atoms with E-state index in [9.17, 15) is 14.7 Å². The predicted molar refractivity (Wildman–Crippen MR) is 98.6 cm³/mol. The lowest BCUT2D eigenvalue weighted by atomic mass is 9.81. The number of nitrogens with one attached hydrogen (secondary N) is 1. The van der Waals surface area contributed by atoms with Gasteiger partial charge in [0.05, 0.1) is 0 Å². The van der Waals surface area contributed by atoms with Crippen molar-refractivity contribution in [1.82, 2.24) is 10.2 Å². The summed E-state index contributed by atoms with van der Waals surface area (Å²) in [6, 6.07) is 0. The van der Waals surface area contributed by atoms with Crippen molar-refractivity contribution in [2.75, 3.05) is 59.2 Å². The Morgan fingerprint density at radius 2 is 1.92 bits per heavy atom. The molecule has 1 aliphatic rings. The minimum atomic E-state index is -0.383. The number of hydrogen-bond donors (Lipinski definition) is 3. The Labute approximate surface area is 157 Å². The number of hydrogen-bond acceptors (Lipinski definition) is 6. The highest BCUT2D eigenvalue weighted by Crippen LogP contribution is 2.29. The molecule has 26 heavy (non-hydrogen) atoms. The number of rotatable bonds is 13. The number of carbonyl (C=O) groups is 2. The van der Waals surface area contributed by atoms with Crippen LogP contribution in [0, 0.1) is 5.41 Å². The summed E-state index contributed by atoms with van der Waals surface area (Å²) in [4.78, 5) is 25.5. The molecular formula is C18H35N3O5. The minimum Gasteiger partial charge on any atom is -0.396 e. The number of aliphatic hydroxyl groups is 1. The fraction of sp³-hybridized carbons (Fsp3) is 0.889. The van der Waals surface area contributed by atoms with Crippen molar-refractivity contribution in [2.24, 2.45) is 11.1 Å². The molecule has 8 heteroatoms. The van der Waals surface area contributed by atoms with E-state index in [4.69, 9.17) is 16.6 Å². The molecule has 152 valence electrons. The van der Waals surface area contributed by atoms with Gasteiger partial charge in [-0.15, -0.1) is 0 Å². The van der Waals surface area contributed by atoms with E-state index in [1.54, 1.807) is 4.90 Å². The van der Waals surface area contributed by atoms with Crippen LogP contribution >= 0.6 is 0 Å². The number of unbranched alkanes of at least 4 members (excludes halogenated alkanes) is 1. The number of nitrogens with two attached hydrogens (primary N) is 1. The van der Waals surface area contributed by atoms with Crippen LogP contribution in [0.4, 0.5) is 0 Å². The third-order valence-electron chi connectivity index (χ3n) is 4.50. The molecule has 0 aromatic carbocycles. The molecule has 0 saturated carbocycles. The van der Waals surface area contributed by atoms with E-state index < -0.39 is 0 Å². The molecular weight excluding hydrogens is 338 g/mol. The molecule has 1 aliphatic heterocycles. The number of likely N-dealkylation sites (tertiary alicyclic amines) is 1. The Balaban J connectivity index is 2.03. The van der Waals surface area contributed by atoms with E-state index >= 15 is 0 Å². The van der Waals surface area contributed by atoms with Gasteiger partial charge < -0.3 is 30.5 Å². The van der Waals surface area contributed by atoms with Crippen LogP contribution in [0.15, 0.2) is 0 Å². The summed E-state index contributed by atoms with van der Waals surface area (Å²) in [6.45, 7) is 3.35. The maximum absolute atomic E-state index is 12.1. The van der Waals surface area contributed by atoms with Gasteiger partial charge in [0.15, 0.2) is 0 Å². The monoisotopic (exact) mass is 374 g/mol. The molecule has 0 aliphatic carbocycles. The van der Waals surface area contributed by atoms with E-state index in [2.05, 4.69) is 5.32 Å². The number of carbonyl (C=O) groups excluding carboxylic acids is 2. The molecule has 2 amide bonds. The molecule has 0 bridgehead atoms. The number of amides is 2. The zero-order chi connectivity index (χ0) is 20.0. The van der Waals surface area contributed by atoms with Crippen LogP contribution in [0.3, 0.4) is 0 Å². The second-order valence-electron chi connectivity index (χ2n) is 6.84. The highest BCUT2D eigenvalue weighted by atomic mass is 16.5. The van der Waals surface area contributed by atoms with E-state index in [0.717, 1.165) is 19.3 Å². The third-order valence-corrected chi connectivity index (χ3v) is 4.50. The Morgan fingerprint density at radius 3 is 2.58 bits per heavy atom. The molecule has 0 radical (unpaired) electrons. The summed E-state index contributed by atoms with van der Waals surface area (Å²) in [7, 11) is 0. The van der Waals surface area contributed by atoms with Crippen molar-refractivity contribution >= 4 is 11.8 Å². The summed E-state index contributed by atoms with van der Waals surface area (Å²) < 4.78 is 18.2. The topological polar surface area (TPSA) is 114 Å². The van der Waals surface area contributed by atoms with Crippen LogP contribution < -0.4 is 11.1 Å². The molecule has 1 saturated heterocycles. The Bertz CT molecular complexity index is 425. The lowest BCUT2D eigenvalue weighted by molar-refractivity contribution is -0.140. The molecule has 8 nitrogen and oxygen atoms in total. The van der Waals surface area contributed by atoms with Crippen LogP contribution in [-0.2, 0) is 19.1 Å². The minimum absolute atomic E-state index is 0.0199. The molecule has 1 fully saturated rings. The van der Waals surface area contributed by atoms with Gasteiger partial charge in [-0.25, -0.2) is 0 Å². The summed E-state index contributed by atoms with van der Waals surface area (Å²) in [5.41, 5.74) is 5.01. The molecule has 0 unspecified atom stereocenters. The van der Waals surface area contributed by atoms with Gasteiger partial charge in [0.1, 0.15) is 13.2 Å². The largest absolute Gasteiger partial charge is 0.396 e. The Morgan fingerprint density at radius 1 is 1.19 bits per heavy atom. The maximum Gasteiger partial charge on any atom is 0.248 e. The van der Waals surface area contributed by atoms with Crippen molar-refractivity contribution < 1.29 is 25.5 Å². The maximum atomic E-state index is 12.1. The molecule has 1 rings (SSSR count). The van der Waals surface area contributed by atoms with Crippen LogP contribution in [0.25, 0.3) is 0 Å². The van der Waals surface area contributed by atoms with Gasteiger partial charge in [-0.05, 0) is 44.1 Å². The second-order valence-corrected chi connectivity index (χ2v) is 6.84. The van der Waals surface area contributed by atoms with Crippen LogP contribution in [0.1, 0.15) is 40.4 Å². The van der Waals surface area contributed by atoms with E-state index in [0.29, 0.717) is 52.2 Å². The van der Waals surface area contributed by atoms with E-state index in [1.165, 1.54) is 0 Å². The summed E-state index contributed by atoms with van der Waals surface area (Å²) >= 11 is 0. The Kier molecular flexibility index (Phi) is 10.6. The van der Waals surface area contributed by atoms with Gasteiger partial charge in [0.25, 0.3) is 0 Å². The quantitative estimate of drug-likeness (QED) is 0.388. The third kappa shape index (κ3) is 9.47. The predicted octanol–water partition coefficient (Wildman–Crippen LogP) is -0.114. The fourth-order valence-corrected chi connectivity index (χ4v) is 2.61. The van der Waals surface area contributed by atoms with Gasteiger partial charge in [0.2, 0.25) is 11.8 Å². The first-order valence-electron chi connectivity index (χ1n) is 10.1. The number of piperidine rings is 1. The van der Waals surface area contributed by atoms with Gasteiger partial charge in [0, 0.05) is 40.8 Å². The van der Waals surface area contributed by atoms with Crippen molar-refractivity contribution in [2.45, 2.75) is 39.0 Å². The molecule has 0 spiro atoms. The highest BCUT2D eigenvalue weighted by molar-refractivity contribution is 5.79. The summed E-state index contributed by atoms with van der Waals surface area (Å²) in [6.07, 6.45) is 3.87. The first kappa shape index (κ1) is 21.1. The summed E-state index contributed by atoms with van der Waals surface area (Å²) in [5, 5.41) is 12.1. The standard InChI is InChI=1S/C18H35N3O5/c1-18(15-22)5-9-21(10-6-18)17(24)14-26-13-16(23)20-8-4-12-25-11-3-2-7-19/h22H,2-15,19H2,1H3,(H,20,23)/i1D. The van der Waals surface area contributed by atoms with Crippen molar-refractivity contribution in [3.63, 3.8) is 0 Å². The van der Waals surface area contributed by atoms with Crippen LogP contribution in [0.2, 0.25) is 0 Å². The Hall–Kier alpha value is -1.22. The highest BCUT2D eigenvalue weighted by Gasteiger charge is 2.31. The van der Waals surface area contributed by atoms with Crippen molar-refractivity contribution in [3.8, 4) is 0 Å². The first-order valence-corrected chi connectivity index (χ1v) is 9.37. The zero-order valence-corrected chi connectivity index (χ0v) is 15.7. The summed E-state index contributed by atoms with van der Waals surface area (Å²) in [5.74, 6) is -0.414. The second kappa shape index (κ2) is 13.0. The van der Waals surface area contributed by atoms with Crippen LogP contribution in [-0.4, -0.2) is 81.0 Å². The van der Waals surface area contributed by atoms with E-state index in [1.807, 2.05) is 0 Å². The number of ether oxygens (including phenoxy) is 2. The van der Waals surface area contributed by atoms with Gasteiger partial charge >= 0.3 is 0 Å². The van der Waals surface area contributed by atoms with Crippen molar-refractivity contribution in [3.05, 3.63) is 0 Å². The fourth-order valence-electron chi connectivity index (χ4n) is 2.61. The normalized spacial score (nSPS) is 17.0. The molecule has 0 aromatic heterocycles. The average Bonchev–Trinajstić information content (AvgIpc) is 2.70. The lowest BCUT2D eigenvalue weighted by Gasteiger charge is -2.38. The smallest absolute Gasteiger partial charge is 0.248 e. The van der Waals surface area contributed by atoms with Gasteiger partial charge in [-0.2, -0.15) is 0 Å². The van der Waals surface area contributed by atoms with Gasteiger partial charge in [-0.3, -0.25) is 9.59 Å². The number of nitrogens with zero attached hydrogens (tertiary/aromatic N) is 1. The zero-order valence-electron chi connectivity index (χ0n) is 16.7. The van der Waals surface area contributed by atoms with Gasteiger partial charge in [-0.1, -0.05) is 6.90 Å². The van der Waals surface area contributed by atoms with E-state index in [-0.39, 0.29) is 43.9 Å². The van der Waals surface area contributed by atoms with Crippen molar-refractivity contribution in [1.29, 1.82) is 0 Å². The lowest BCUT2D eigenvalue weighted by Crippen LogP contribution is -2.45. The molecule has 0 atom stereocenters. The SMILES string of the molecule is [2H]CC1(CO)CCN(C(=O)COCC(=O)NCCCOCCCCN)CC1.